The van der Waals surface area contributed by atoms with E-state index in [0.717, 1.165) is 67.0 Å². The van der Waals surface area contributed by atoms with Gasteiger partial charge in [-0.3, -0.25) is 9.69 Å². The van der Waals surface area contributed by atoms with E-state index in [9.17, 15) is 9.18 Å². The molecule has 4 aromatic rings. The normalized spacial score (nSPS) is 18.7. The van der Waals surface area contributed by atoms with Gasteiger partial charge in [-0.1, -0.05) is 36.4 Å². The topological polar surface area (TPSA) is 99.7 Å². The predicted molar refractivity (Wildman–Crippen MR) is 182 cm³/mol. The van der Waals surface area contributed by atoms with E-state index in [1.807, 2.05) is 36.4 Å². The first-order chi connectivity index (χ1) is 23.0. The smallest absolute Gasteiger partial charge is 0.257 e. The number of halogens is 1. The highest BCUT2D eigenvalue weighted by Gasteiger charge is 2.29. The Kier molecular flexibility index (Phi) is 10.1. The summed E-state index contributed by atoms with van der Waals surface area (Å²) < 4.78 is 21.9. The number of methoxy groups -OCH3 is 1. The van der Waals surface area contributed by atoms with Gasteiger partial charge in [0.25, 0.3) is 5.91 Å². The van der Waals surface area contributed by atoms with Gasteiger partial charge < -0.3 is 19.5 Å². The van der Waals surface area contributed by atoms with E-state index in [0.29, 0.717) is 24.4 Å². The van der Waals surface area contributed by atoms with E-state index in [1.54, 1.807) is 37.4 Å². The van der Waals surface area contributed by atoms with Gasteiger partial charge in [0.2, 0.25) is 0 Å². The van der Waals surface area contributed by atoms with Crippen molar-refractivity contribution in [1.29, 1.82) is 0 Å². The predicted octanol–water partition coefficient (Wildman–Crippen LogP) is 6.15. The molecule has 244 valence electrons. The molecular weight excluding hydrogens is 595 g/mol. The van der Waals surface area contributed by atoms with Crippen molar-refractivity contribution in [2.24, 2.45) is 15.4 Å². The summed E-state index contributed by atoms with van der Waals surface area (Å²) in [5.41, 5.74) is 4.31. The fourth-order valence-corrected chi connectivity index (χ4v) is 6.60. The lowest BCUT2D eigenvalue weighted by Crippen LogP contribution is -2.37. The number of carbonyl (C=O) groups excluding carboxylic acids is 1. The Morgan fingerprint density at radius 2 is 2.02 bits per heavy atom. The molecule has 3 heterocycles. The number of imidazole rings is 1. The van der Waals surface area contributed by atoms with E-state index in [-0.39, 0.29) is 29.7 Å². The molecule has 6 rings (SSSR count). The molecule has 0 aliphatic carbocycles. The van der Waals surface area contributed by atoms with Crippen LogP contribution in [0.25, 0.3) is 11.0 Å². The number of nitrogens with zero attached hydrogens (tertiary/aromatic N) is 7. The number of rotatable bonds is 12. The molecule has 10 nitrogen and oxygen atoms in total. The second-order valence-corrected chi connectivity index (χ2v) is 12.1. The number of nitrogens with one attached hydrogen (secondary N) is 1. The van der Waals surface area contributed by atoms with E-state index < -0.39 is 0 Å². The first kappa shape index (κ1) is 32.2. The molecule has 2 aliphatic rings. The molecule has 2 aliphatic heterocycles. The Bertz CT molecular complexity index is 1760. The first-order valence-electron chi connectivity index (χ1n) is 16.1. The number of aromatic nitrogens is 2. The van der Waals surface area contributed by atoms with Crippen LogP contribution in [0.1, 0.15) is 58.2 Å². The van der Waals surface area contributed by atoms with Gasteiger partial charge >= 0.3 is 0 Å². The molecule has 3 unspecified atom stereocenters. The van der Waals surface area contributed by atoms with Gasteiger partial charge in [-0.05, 0) is 78.7 Å². The van der Waals surface area contributed by atoms with Gasteiger partial charge in [0.1, 0.15) is 23.4 Å². The van der Waals surface area contributed by atoms with Crippen molar-refractivity contribution < 1.29 is 13.9 Å². The maximum Gasteiger partial charge on any atom is 0.257 e. The molecule has 0 saturated carbocycles. The number of benzene rings is 3. The average molecular weight is 637 g/mol. The summed E-state index contributed by atoms with van der Waals surface area (Å²) in [6, 6.07) is 20.0. The van der Waals surface area contributed by atoms with Crippen molar-refractivity contribution in [3.63, 3.8) is 0 Å². The monoisotopic (exact) mass is 636 g/mol. The summed E-state index contributed by atoms with van der Waals surface area (Å²) in [6.45, 7) is 8.51. The van der Waals surface area contributed by atoms with Crippen LogP contribution in [-0.2, 0) is 6.54 Å². The molecule has 1 saturated heterocycles. The minimum absolute atomic E-state index is 0.0432. The highest BCUT2D eigenvalue weighted by Crippen LogP contribution is 2.31. The molecule has 0 spiro atoms. The molecule has 1 aromatic heterocycles. The summed E-state index contributed by atoms with van der Waals surface area (Å²) in [7, 11) is 3.36. The SMILES string of the molecule is C=CCn1c(C2CNCCCN2CCC(CN(C)C(=O)c2cc(C3C=NN=N3)ccc2OC)c2ccc(F)cc2)nc2ccccc21. The summed E-state index contributed by atoms with van der Waals surface area (Å²) in [6.07, 6.45) is 5.33. The number of para-hydroxylation sites is 2. The van der Waals surface area contributed by atoms with Gasteiger partial charge in [-0.2, -0.15) is 5.11 Å². The van der Waals surface area contributed by atoms with Crippen LogP contribution in [0.2, 0.25) is 0 Å². The zero-order valence-corrected chi connectivity index (χ0v) is 26.9. The number of likely N-dealkylation sites (N-methyl/N-ethyl adjacent to an activating group) is 1. The Hall–Kier alpha value is -4.74. The van der Waals surface area contributed by atoms with Gasteiger partial charge in [-0.25, -0.2) is 9.37 Å². The minimum Gasteiger partial charge on any atom is -0.496 e. The minimum atomic E-state index is -0.333. The third-order valence-corrected chi connectivity index (χ3v) is 9.05. The molecule has 0 radical (unpaired) electrons. The molecular formula is C36H41FN8O2. The van der Waals surface area contributed by atoms with Crippen molar-refractivity contribution in [2.45, 2.75) is 37.4 Å². The largest absolute Gasteiger partial charge is 0.496 e. The molecule has 1 amide bonds. The summed E-state index contributed by atoms with van der Waals surface area (Å²) in [5.74, 6) is 1.00. The van der Waals surface area contributed by atoms with E-state index in [1.165, 1.54) is 12.1 Å². The van der Waals surface area contributed by atoms with E-state index in [2.05, 4.69) is 48.9 Å². The van der Waals surface area contributed by atoms with Gasteiger partial charge in [0.05, 0.1) is 36.0 Å². The second kappa shape index (κ2) is 14.8. The highest BCUT2D eigenvalue weighted by atomic mass is 19.1. The second-order valence-electron chi connectivity index (χ2n) is 12.1. The van der Waals surface area contributed by atoms with Crippen LogP contribution in [-0.4, -0.2) is 78.4 Å². The Morgan fingerprint density at radius 1 is 1.19 bits per heavy atom. The van der Waals surface area contributed by atoms with Crippen LogP contribution in [0.15, 0.2) is 94.8 Å². The fourth-order valence-electron chi connectivity index (χ4n) is 6.60. The lowest BCUT2D eigenvalue weighted by atomic mass is 9.94. The van der Waals surface area contributed by atoms with Gasteiger partial charge in [0.15, 0.2) is 0 Å². The standard InChI is InChI=1S/C36H41FN8O2/c1-4-18-45-32-9-6-5-8-30(32)40-35(45)33-23-38-17-7-19-44(33)20-16-27(25-10-13-28(37)14-11-25)24-43(2)36(46)29-21-26(12-15-34(29)47-3)31-22-39-42-41-31/h4-6,8-15,21-22,27,31,33,38H,1,7,16-20,23-24H2,2-3H3. The van der Waals surface area contributed by atoms with Gasteiger partial charge in [-0.15, -0.1) is 11.7 Å². The van der Waals surface area contributed by atoms with Crippen molar-refractivity contribution in [1.82, 2.24) is 24.7 Å². The molecule has 11 heteroatoms. The summed E-state index contributed by atoms with van der Waals surface area (Å²) in [4.78, 5) is 23.3. The van der Waals surface area contributed by atoms with Crippen molar-refractivity contribution in [3.8, 4) is 5.75 Å². The van der Waals surface area contributed by atoms with Crippen LogP contribution < -0.4 is 10.1 Å². The lowest BCUT2D eigenvalue weighted by Gasteiger charge is -2.32. The Morgan fingerprint density at radius 3 is 2.79 bits per heavy atom. The summed E-state index contributed by atoms with van der Waals surface area (Å²) >= 11 is 0. The quantitative estimate of drug-likeness (QED) is 0.188. The number of fused-ring (bicyclic) bond motifs is 1. The number of carbonyl (C=O) groups is 1. The van der Waals surface area contributed by atoms with Gasteiger partial charge in [0, 0.05) is 39.1 Å². The van der Waals surface area contributed by atoms with Crippen LogP contribution in [0.4, 0.5) is 4.39 Å². The first-order valence-corrected chi connectivity index (χ1v) is 16.1. The average Bonchev–Trinajstić information content (AvgIpc) is 3.70. The highest BCUT2D eigenvalue weighted by molar-refractivity contribution is 5.97. The van der Waals surface area contributed by atoms with Crippen LogP contribution in [0, 0.1) is 5.82 Å². The number of hydrogen-bond donors (Lipinski definition) is 1. The summed E-state index contributed by atoms with van der Waals surface area (Å²) in [5, 5.41) is 15.3. The van der Waals surface area contributed by atoms with Crippen molar-refractivity contribution >= 4 is 23.2 Å². The van der Waals surface area contributed by atoms with E-state index >= 15 is 0 Å². The van der Waals surface area contributed by atoms with Crippen LogP contribution in [0.5, 0.6) is 5.75 Å². The maximum atomic E-state index is 14.0. The number of hydrogen-bond acceptors (Lipinski definition) is 8. The third-order valence-electron chi connectivity index (χ3n) is 9.05. The molecule has 3 atom stereocenters. The molecule has 0 bridgehead atoms. The Labute approximate surface area is 274 Å². The molecule has 1 fully saturated rings. The lowest BCUT2D eigenvalue weighted by molar-refractivity contribution is 0.0777. The van der Waals surface area contributed by atoms with Crippen molar-refractivity contribution in [2.75, 3.05) is 46.9 Å². The fraction of sp³-hybridized carbons (Fsp3) is 0.361. The Balaban J connectivity index is 1.25. The number of allylic oxidation sites excluding steroid dienone is 1. The molecule has 3 aromatic carbocycles. The van der Waals surface area contributed by atoms with Crippen molar-refractivity contribution in [3.05, 3.63) is 108 Å². The number of amides is 1. The van der Waals surface area contributed by atoms with Crippen LogP contribution in [0.3, 0.4) is 0 Å². The zero-order chi connectivity index (χ0) is 32.8. The maximum absolute atomic E-state index is 14.0. The third kappa shape index (κ3) is 7.16. The van der Waals surface area contributed by atoms with E-state index in [4.69, 9.17) is 9.72 Å². The van der Waals surface area contributed by atoms with Crippen LogP contribution >= 0.6 is 0 Å². The molecule has 47 heavy (non-hydrogen) atoms. The molecule has 1 N–H and O–H groups in total. The zero-order valence-electron chi connectivity index (χ0n) is 26.9. The number of ether oxygens (including phenoxy) is 1.